The van der Waals surface area contributed by atoms with Gasteiger partial charge in [0.1, 0.15) is 16.8 Å². The van der Waals surface area contributed by atoms with Gasteiger partial charge in [-0.25, -0.2) is 12.8 Å². The molecule has 2 N–H and O–H groups in total. The number of carbonyl (C=O) groups excluding carboxylic acids is 2. The van der Waals surface area contributed by atoms with Crippen molar-refractivity contribution in [3.8, 4) is 0 Å². The number of sulfone groups is 1. The minimum Gasteiger partial charge on any atom is -0.468 e. The Morgan fingerprint density at radius 3 is 2.40 bits per heavy atom. The number of benzene rings is 1. The number of halogens is 1. The van der Waals surface area contributed by atoms with Gasteiger partial charge in [0.2, 0.25) is 0 Å². The van der Waals surface area contributed by atoms with Crippen LogP contribution < -0.4 is 10.6 Å². The number of nitrogens with zero attached hydrogens (tertiary/aromatic N) is 1. The average molecular weight is 431 g/mol. The van der Waals surface area contributed by atoms with Crippen molar-refractivity contribution in [1.82, 2.24) is 15.6 Å². The van der Waals surface area contributed by atoms with Crippen molar-refractivity contribution in [3.05, 3.63) is 84.3 Å². The van der Waals surface area contributed by atoms with Crippen LogP contribution in [0.3, 0.4) is 0 Å². The van der Waals surface area contributed by atoms with Gasteiger partial charge in [0.25, 0.3) is 0 Å². The third-order valence-corrected chi connectivity index (χ3v) is 6.28. The molecule has 0 bridgehead atoms. The third kappa shape index (κ3) is 5.09. The summed E-state index contributed by atoms with van der Waals surface area (Å²) in [6, 6.07) is 10.7. The minimum absolute atomic E-state index is 0.0791. The van der Waals surface area contributed by atoms with Crippen LogP contribution >= 0.6 is 0 Å². The SMILES string of the molecule is O=C(NCc1cccnc1)C(=O)NC[C@H](c1ccco1)S(=O)(=O)c1ccc(F)cc1. The average Bonchev–Trinajstić information content (AvgIpc) is 3.27. The molecule has 30 heavy (non-hydrogen) atoms. The van der Waals surface area contributed by atoms with E-state index in [0.29, 0.717) is 5.56 Å². The van der Waals surface area contributed by atoms with Crippen LogP contribution in [-0.4, -0.2) is 31.8 Å². The maximum absolute atomic E-state index is 13.2. The zero-order valence-electron chi connectivity index (χ0n) is 15.6. The highest BCUT2D eigenvalue weighted by atomic mass is 32.2. The van der Waals surface area contributed by atoms with Crippen molar-refractivity contribution in [2.75, 3.05) is 6.54 Å². The summed E-state index contributed by atoms with van der Waals surface area (Å²) in [4.78, 5) is 27.9. The summed E-state index contributed by atoms with van der Waals surface area (Å²) >= 11 is 0. The van der Waals surface area contributed by atoms with E-state index in [0.717, 1.165) is 24.3 Å². The lowest BCUT2D eigenvalue weighted by atomic mass is 10.3. The first kappa shape index (κ1) is 21.2. The highest BCUT2D eigenvalue weighted by Crippen LogP contribution is 2.29. The van der Waals surface area contributed by atoms with Gasteiger partial charge in [-0.1, -0.05) is 6.07 Å². The quantitative estimate of drug-likeness (QED) is 0.435. The molecule has 0 aliphatic carbocycles. The Labute approximate surface area is 172 Å². The molecule has 0 aliphatic rings. The number of rotatable bonds is 7. The summed E-state index contributed by atoms with van der Waals surface area (Å²) in [5.74, 6) is -2.42. The molecule has 0 aliphatic heterocycles. The van der Waals surface area contributed by atoms with Gasteiger partial charge in [0.15, 0.2) is 9.84 Å². The van der Waals surface area contributed by atoms with Crippen LogP contribution in [0.5, 0.6) is 0 Å². The number of carbonyl (C=O) groups is 2. The zero-order valence-corrected chi connectivity index (χ0v) is 16.4. The molecular formula is C20H18FN3O5S. The fourth-order valence-electron chi connectivity index (χ4n) is 2.66. The largest absolute Gasteiger partial charge is 0.468 e. The third-order valence-electron chi connectivity index (χ3n) is 4.21. The molecule has 3 aromatic rings. The second-order valence-electron chi connectivity index (χ2n) is 6.26. The number of pyridine rings is 1. The van der Waals surface area contributed by atoms with E-state index in [1.54, 1.807) is 24.5 Å². The van der Waals surface area contributed by atoms with Crippen molar-refractivity contribution < 1.29 is 26.8 Å². The zero-order chi connectivity index (χ0) is 21.6. The van der Waals surface area contributed by atoms with E-state index in [1.807, 2.05) is 0 Å². The topological polar surface area (TPSA) is 118 Å². The fraction of sp³-hybridized carbons (Fsp3) is 0.150. The van der Waals surface area contributed by atoms with E-state index in [9.17, 15) is 22.4 Å². The van der Waals surface area contributed by atoms with Gasteiger partial charge in [-0.3, -0.25) is 14.6 Å². The van der Waals surface area contributed by atoms with Crippen LogP contribution in [-0.2, 0) is 26.0 Å². The van der Waals surface area contributed by atoms with Crippen LogP contribution in [0.25, 0.3) is 0 Å². The first-order chi connectivity index (χ1) is 14.4. The van der Waals surface area contributed by atoms with E-state index in [1.165, 1.54) is 18.4 Å². The lowest BCUT2D eigenvalue weighted by molar-refractivity contribution is -0.139. The molecule has 2 aromatic heterocycles. The van der Waals surface area contributed by atoms with Crippen LogP contribution in [0.1, 0.15) is 16.6 Å². The number of furan rings is 1. The van der Waals surface area contributed by atoms with E-state index >= 15 is 0 Å². The highest BCUT2D eigenvalue weighted by Gasteiger charge is 2.32. The van der Waals surface area contributed by atoms with Crippen molar-refractivity contribution in [2.45, 2.75) is 16.7 Å². The van der Waals surface area contributed by atoms with Gasteiger partial charge in [0, 0.05) is 25.5 Å². The number of nitrogens with one attached hydrogen (secondary N) is 2. The monoisotopic (exact) mass is 431 g/mol. The van der Waals surface area contributed by atoms with Gasteiger partial charge in [-0.15, -0.1) is 0 Å². The summed E-state index contributed by atoms with van der Waals surface area (Å²) in [5.41, 5.74) is 0.700. The lowest BCUT2D eigenvalue weighted by Crippen LogP contribution is -2.42. The molecule has 0 radical (unpaired) electrons. The Morgan fingerprint density at radius 2 is 1.77 bits per heavy atom. The van der Waals surface area contributed by atoms with E-state index < -0.39 is 39.3 Å². The molecule has 0 saturated carbocycles. The predicted octanol–water partition coefficient (Wildman–Crippen LogP) is 1.76. The van der Waals surface area contributed by atoms with Crippen molar-refractivity contribution in [2.24, 2.45) is 0 Å². The normalized spacial score (nSPS) is 12.2. The van der Waals surface area contributed by atoms with E-state index in [4.69, 9.17) is 4.42 Å². The van der Waals surface area contributed by atoms with Gasteiger partial charge >= 0.3 is 11.8 Å². The molecule has 156 valence electrons. The number of amides is 2. The first-order valence-electron chi connectivity index (χ1n) is 8.85. The molecule has 1 aromatic carbocycles. The molecule has 3 rings (SSSR count). The Bertz CT molecular complexity index is 1100. The molecule has 1 atom stereocenters. The number of hydrogen-bond donors (Lipinski definition) is 2. The van der Waals surface area contributed by atoms with Crippen molar-refractivity contribution in [1.29, 1.82) is 0 Å². The molecule has 2 amide bonds. The fourth-order valence-corrected chi connectivity index (χ4v) is 4.24. The highest BCUT2D eigenvalue weighted by molar-refractivity contribution is 7.91. The van der Waals surface area contributed by atoms with Crippen molar-refractivity contribution in [3.63, 3.8) is 0 Å². The predicted molar refractivity (Wildman–Crippen MR) is 104 cm³/mol. The van der Waals surface area contributed by atoms with Gasteiger partial charge < -0.3 is 15.1 Å². The lowest BCUT2D eigenvalue weighted by Gasteiger charge is -2.16. The molecule has 0 fully saturated rings. The van der Waals surface area contributed by atoms with E-state index in [-0.39, 0.29) is 17.2 Å². The molecule has 8 nitrogen and oxygen atoms in total. The molecule has 2 heterocycles. The second kappa shape index (κ2) is 9.31. The van der Waals surface area contributed by atoms with E-state index in [2.05, 4.69) is 15.6 Å². The summed E-state index contributed by atoms with van der Waals surface area (Å²) in [5, 5.41) is 3.44. The maximum atomic E-state index is 13.2. The van der Waals surface area contributed by atoms with Gasteiger partial charge in [-0.05, 0) is 48.0 Å². The number of aromatic nitrogens is 1. The molecule has 0 saturated heterocycles. The summed E-state index contributed by atoms with van der Waals surface area (Å²) in [6.45, 7) is -0.318. The minimum atomic E-state index is -4.03. The second-order valence-corrected chi connectivity index (χ2v) is 8.39. The Hall–Kier alpha value is -3.53. The summed E-state index contributed by atoms with van der Waals surface area (Å²) in [6.07, 6.45) is 4.42. The van der Waals surface area contributed by atoms with Gasteiger partial charge in [0.05, 0.1) is 11.2 Å². The van der Waals surface area contributed by atoms with Gasteiger partial charge in [-0.2, -0.15) is 0 Å². The maximum Gasteiger partial charge on any atom is 0.309 e. The number of hydrogen-bond acceptors (Lipinski definition) is 6. The van der Waals surface area contributed by atoms with Crippen LogP contribution in [0.15, 0.2) is 76.5 Å². The van der Waals surface area contributed by atoms with Crippen LogP contribution in [0.4, 0.5) is 4.39 Å². The van der Waals surface area contributed by atoms with Crippen LogP contribution in [0, 0.1) is 5.82 Å². The first-order valence-corrected chi connectivity index (χ1v) is 10.4. The summed E-state index contributed by atoms with van der Waals surface area (Å²) in [7, 11) is -4.03. The molecule has 0 spiro atoms. The Morgan fingerprint density at radius 1 is 1.03 bits per heavy atom. The molecule has 10 heteroatoms. The molecule has 0 unspecified atom stereocenters. The Kier molecular flexibility index (Phi) is 6.58. The summed E-state index contributed by atoms with van der Waals surface area (Å²) < 4.78 is 44.4. The Balaban J connectivity index is 1.69. The molecular weight excluding hydrogens is 413 g/mol. The van der Waals surface area contributed by atoms with Crippen LogP contribution in [0.2, 0.25) is 0 Å². The smallest absolute Gasteiger partial charge is 0.309 e. The standard InChI is InChI=1S/C20H18FN3O5S/c21-15-5-7-16(8-6-15)30(27,28)18(17-4-2-10-29-17)13-24-20(26)19(25)23-12-14-3-1-9-22-11-14/h1-11,18H,12-13H2,(H,23,25)(H,24,26)/t18-/m1/s1. The van der Waals surface area contributed by atoms with Crippen molar-refractivity contribution >= 4 is 21.7 Å².